The fourth-order valence-electron chi connectivity index (χ4n) is 3.47. The van der Waals surface area contributed by atoms with Gasteiger partial charge in [0.25, 0.3) is 0 Å². The quantitative estimate of drug-likeness (QED) is 0.709. The molecule has 1 atom stereocenters. The topological polar surface area (TPSA) is 85.4 Å². The molecule has 1 amide bonds. The predicted molar refractivity (Wildman–Crippen MR) is 108 cm³/mol. The van der Waals surface area contributed by atoms with E-state index < -0.39 is 21.5 Å². The second-order valence-electron chi connectivity index (χ2n) is 7.11. The number of aromatic nitrogens is 1. The molecule has 0 fully saturated rings. The van der Waals surface area contributed by atoms with Gasteiger partial charge in [-0.1, -0.05) is 12.1 Å². The highest BCUT2D eigenvalue weighted by Gasteiger charge is 2.25. The molecule has 0 bridgehead atoms. The Hall–Kier alpha value is -3.00. The number of sulfone groups is 1. The summed E-state index contributed by atoms with van der Waals surface area (Å²) in [7, 11) is -3.41. The molecule has 29 heavy (non-hydrogen) atoms. The summed E-state index contributed by atoms with van der Waals surface area (Å²) in [4.78, 5) is 16.4. The summed E-state index contributed by atoms with van der Waals surface area (Å²) in [5, 5.41) is 3.20. The van der Waals surface area contributed by atoms with E-state index in [-0.39, 0.29) is 11.9 Å². The number of nitrogens with zero attached hydrogens (tertiary/aromatic N) is 1. The Labute approximate surface area is 167 Å². The fourth-order valence-corrected chi connectivity index (χ4v) is 4.03. The number of halogens is 1. The molecule has 1 unspecified atom stereocenters. The number of ether oxygens (including phenoxy) is 1. The van der Waals surface area contributed by atoms with Gasteiger partial charge in [-0.25, -0.2) is 12.8 Å². The number of amides is 1. The summed E-state index contributed by atoms with van der Waals surface area (Å²) in [5.41, 5.74) is 2.86. The van der Waals surface area contributed by atoms with Crippen LogP contribution in [0.4, 0.5) is 4.39 Å². The van der Waals surface area contributed by atoms with Crippen LogP contribution in [-0.2, 0) is 14.6 Å². The highest BCUT2D eigenvalue weighted by atomic mass is 32.2. The SMILES string of the molecule is CS(=O)(=O)CC(=O)NC1CCOc2ccc(-c3cnc4cccc(F)c4c3)cc21. The van der Waals surface area contributed by atoms with Crippen molar-refractivity contribution >= 4 is 26.6 Å². The molecular formula is C21H19FN2O4S. The zero-order valence-electron chi connectivity index (χ0n) is 15.7. The normalized spacial score (nSPS) is 16.1. The second kappa shape index (κ2) is 7.44. The van der Waals surface area contributed by atoms with E-state index in [1.807, 2.05) is 12.1 Å². The van der Waals surface area contributed by atoms with Crippen molar-refractivity contribution in [3.05, 3.63) is 60.0 Å². The third-order valence-corrected chi connectivity index (χ3v) is 5.57. The van der Waals surface area contributed by atoms with Crippen LogP contribution >= 0.6 is 0 Å². The largest absolute Gasteiger partial charge is 0.493 e. The summed E-state index contributed by atoms with van der Waals surface area (Å²) < 4.78 is 42.6. The molecule has 0 radical (unpaired) electrons. The zero-order chi connectivity index (χ0) is 20.6. The molecule has 0 spiro atoms. The van der Waals surface area contributed by atoms with Crippen molar-refractivity contribution in [2.24, 2.45) is 0 Å². The van der Waals surface area contributed by atoms with Crippen LogP contribution in [0.25, 0.3) is 22.0 Å². The van der Waals surface area contributed by atoms with Gasteiger partial charge in [0.1, 0.15) is 17.3 Å². The summed E-state index contributed by atoms with van der Waals surface area (Å²) in [6, 6.07) is 11.6. The van der Waals surface area contributed by atoms with E-state index in [2.05, 4.69) is 10.3 Å². The molecule has 1 aliphatic heterocycles. The van der Waals surface area contributed by atoms with Crippen molar-refractivity contribution in [2.75, 3.05) is 18.6 Å². The molecule has 2 aromatic carbocycles. The first-order valence-electron chi connectivity index (χ1n) is 9.09. The van der Waals surface area contributed by atoms with Crippen LogP contribution in [0.5, 0.6) is 5.75 Å². The maximum Gasteiger partial charge on any atom is 0.235 e. The smallest absolute Gasteiger partial charge is 0.235 e. The molecule has 0 aliphatic carbocycles. The van der Waals surface area contributed by atoms with E-state index in [9.17, 15) is 17.6 Å². The minimum atomic E-state index is -3.41. The Balaban J connectivity index is 1.68. The lowest BCUT2D eigenvalue weighted by Crippen LogP contribution is -2.35. The van der Waals surface area contributed by atoms with Crippen molar-refractivity contribution in [3.63, 3.8) is 0 Å². The van der Waals surface area contributed by atoms with E-state index >= 15 is 0 Å². The van der Waals surface area contributed by atoms with Crippen LogP contribution in [0.2, 0.25) is 0 Å². The van der Waals surface area contributed by atoms with E-state index in [0.29, 0.717) is 29.7 Å². The van der Waals surface area contributed by atoms with Gasteiger partial charge in [0, 0.05) is 35.4 Å². The van der Waals surface area contributed by atoms with Crippen LogP contribution < -0.4 is 10.1 Å². The number of rotatable bonds is 4. The highest BCUT2D eigenvalue weighted by Crippen LogP contribution is 2.36. The number of pyridine rings is 1. The molecule has 8 heteroatoms. The summed E-state index contributed by atoms with van der Waals surface area (Å²) >= 11 is 0. The van der Waals surface area contributed by atoms with Crippen LogP contribution in [0.15, 0.2) is 48.7 Å². The zero-order valence-corrected chi connectivity index (χ0v) is 16.5. The first kappa shape index (κ1) is 19.3. The predicted octanol–water partition coefficient (Wildman–Crippen LogP) is 3.03. The first-order valence-corrected chi connectivity index (χ1v) is 11.1. The van der Waals surface area contributed by atoms with Gasteiger partial charge >= 0.3 is 0 Å². The average molecular weight is 414 g/mol. The lowest BCUT2D eigenvalue weighted by atomic mass is 9.95. The maximum absolute atomic E-state index is 14.1. The highest BCUT2D eigenvalue weighted by molar-refractivity contribution is 7.91. The van der Waals surface area contributed by atoms with Crippen LogP contribution in [0.1, 0.15) is 18.0 Å². The van der Waals surface area contributed by atoms with Gasteiger partial charge in [-0.2, -0.15) is 0 Å². The van der Waals surface area contributed by atoms with Gasteiger partial charge in [0.2, 0.25) is 5.91 Å². The number of nitrogens with one attached hydrogen (secondary N) is 1. The molecule has 150 valence electrons. The van der Waals surface area contributed by atoms with Gasteiger partial charge < -0.3 is 10.1 Å². The molecule has 1 aliphatic rings. The summed E-state index contributed by atoms with van der Waals surface area (Å²) in [5.74, 6) is -0.827. The van der Waals surface area contributed by atoms with Crippen molar-refractivity contribution in [3.8, 4) is 16.9 Å². The molecule has 4 rings (SSSR count). The van der Waals surface area contributed by atoms with Crippen molar-refractivity contribution in [1.82, 2.24) is 10.3 Å². The second-order valence-corrected chi connectivity index (χ2v) is 9.25. The Bertz CT molecular complexity index is 1210. The van der Waals surface area contributed by atoms with Gasteiger partial charge in [0.05, 0.1) is 18.2 Å². The van der Waals surface area contributed by atoms with Gasteiger partial charge in [-0.15, -0.1) is 0 Å². The van der Waals surface area contributed by atoms with Crippen molar-refractivity contribution < 1.29 is 22.3 Å². The third kappa shape index (κ3) is 4.22. The Morgan fingerprint density at radius 1 is 1.24 bits per heavy atom. The standard InChI is InChI=1S/C21H19FN2O4S/c1-29(26,27)12-21(25)24-19-7-8-28-20-6-5-13(9-16(19)20)14-10-15-17(22)3-2-4-18(15)23-11-14/h2-6,9-11,19H,7-8,12H2,1H3,(H,24,25). The van der Waals surface area contributed by atoms with Gasteiger partial charge in [-0.05, 0) is 35.9 Å². The van der Waals surface area contributed by atoms with Crippen LogP contribution in [0, 0.1) is 5.82 Å². The lowest BCUT2D eigenvalue weighted by molar-refractivity contribution is -0.119. The first-order chi connectivity index (χ1) is 13.8. The minimum Gasteiger partial charge on any atom is -0.493 e. The average Bonchev–Trinajstić information content (AvgIpc) is 2.66. The van der Waals surface area contributed by atoms with Crippen LogP contribution in [0.3, 0.4) is 0 Å². The maximum atomic E-state index is 14.1. The molecule has 1 N–H and O–H groups in total. The minimum absolute atomic E-state index is 0.343. The lowest BCUT2D eigenvalue weighted by Gasteiger charge is -2.27. The monoisotopic (exact) mass is 414 g/mol. The van der Waals surface area contributed by atoms with Crippen molar-refractivity contribution in [2.45, 2.75) is 12.5 Å². The number of benzene rings is 2. The molecule has 0 saturated carbocycles. The number of fused-ring (bicyclic) bond motifs is 2. The Morgan fingerprint density at radius 3 is 2.86 bits per heavy atom. The third-order valence-electron chi connectivity index (χ3n) is 4.78. The van der Waals surface area contributed by atoms with E-state index in [4.69, 9.17) is 4.74 Å². The van der Waals surface area contributed by atoms with E-state index in [1.54, 1.807) is 30.5 Å². The molecule has 3 aromatic rings. The van der Waals surface area contributed by atoms with Crippen LogP contribution in [-0.4, -0.2) is 37.9 Å². The molecule has 2 heterocycles. The van der Waals surface area contributed by atoms with E-state index in [1.165, 1.54) is 6.07 Å². The van der Waals surface area contributed by atoms with Gasteiger partial charge in [0.15, 0.2) is 9.84 Å². The Morgan fingerprint density at radius 2 is 2.07 bits per heavy atom. The Kier molecular flexibility index (Phi) is 4.96. The van der Waals surface area contributed by atoms with E-state index in [0.717, 1.165) is 22.9 Å². The number of hydrogen-bond acceptors (Lipinski definition) is 5. The molecule has 0 saturated heterocycles. The molecule has 6 nitrogen and oxygen atoms in total. The summed E-state index contributed by atoms with van der Waals surface area (Å²) in [6.45, 7) is 0.416. The molecule has 1 aromatic heterocycles. The van der Waals surface area contributed by atoms with Crippen molar-refractivity contribution in [1.29, 1.82) is 0 Å². The molecular weight excluding hydrogens is 395 g/mol. The summed E-state index contributed by atoms with van der Waals surface area (Å²) in [6.07, 6.45) is 3.22. The number of hydrogen-bond donors (Lipinski definition) is 1. The fraction of sp³-hybridized carbons (Fsp3) is 0.238. The number of carbonyl (C=O) groups excluding carboxylic acids is 1. The number of carbonyl (C=O) groups is 1. The van der Waals surface area contributed by atoms with Gasteiger partial charge in [-0.3, -0.25) is 9.78 Å².